The topological polar surface area (TPSA) is 64.7 Å². The third-order valence-corrected chi connectivity index (χ3v) is 6.27. The Morgan fingerprint density at radius 3 is 1.88 bits per heavy atom. The first-order valence-electron chi connectivity index (χ1n) is 11.8. The minimum Gasteiger partial charge on any atom is -0.368 e. The third-order valence-electron chi connectivity index (χ3n) is 6.27. The van der Waals surface area contributed by atoms with Crippen molar-refractivity contribution in [3.63, 3.8) is 0 Å². The van der Waals surface area contributed by atoms with E-state index in [1.54, 1.807) is 0 Å². The Morgan fingerprint density at radius 1 is 0.765 bits per heavy atom. The van der Waals surface area contributed by atoms with Crippen LogP contribution in [0.1, 0.15) is 41.3 Å². The van der Waals surface area contributed by atoms with Gasteiger partial charge in [0.15, 0.2) is 0 Å². The zero-order valence-electron chi connectivity index (χ0n) is 20.0. The number of hydrogen-bond donors (Lipinski definition) is 2. The maximum atomic E-state index is 12.8. The van der Waals surface area contributed by atoms with E-state index in [4.69, 9.17) is 0 Å². The molecule has 1 saturated heterocycles. The Balaban J connectivity index is 1.29. The van der Waals surface area contributed by atoms with Gasteiger partial charge >= 0.3 is 6.03 Å². The number of urea groups is 1. The van der Waals surface area contributed by atoms with Gasteiger partial charge in [-0.2, -0.15) is 0 Å². The molecule has 0 aliphatic carbocycles. The van der Waals surface area contributed by atoms with Gasteiger partial charge in [0.2, 0.25) is 0 Å². The molecule has 2 N–H and O–H groups in total. The molecule has 6 nitrogen and oxygen atoms in total. The normalized spacial score (nSPS) is 13.6. The number of nitrogens with zero attached hydrogens (tertiary/aromatic N) is 2. The molecule has 1 aliphatic rings. The molecule has 1 aliphatic heterocycles. The quantitative estimate of drug-likeness (QED) is 0.516. The maximum absolute atomic E-state index is 12.8. The molecule has 6 heteroatoms. The molecule has 0 radical (unpaired) electrons. The average Bonchev–Trinajstić information content (AvgIpc) is 2.85. The van der Waals surface area contributed by atoms with Gasteiger partial charge in [-0.25, -0.2) is 4.79 Å². The average molecular weight is 457 g/mol. The maximum Gasteiger partial charge on any atom is 0.323 e. The first-order chi connectivity index (χ1) is 16.4. The number of aryl methyl sites for hydroxylation is 1. The number of piperazine rings is 1. The number of carbonyl (C=O) groups is 2. The second kappa shape index (κ2) is 10.4. The standard InChI is InChI=1S/C28H32N4O2/c1-20(2)22-8-10-23(11-9-22)29-28(34)30-24-12-14-25(15-13-24)31-16-18-32(19-17-31)27(33)26-7-5-4-6-21(26)3/h4-15,20H,16-19H2,1-3H3,(H2,29,30,34). The second-order valence-corrected chi connectivity index (χ2v) is 9.00. The van der Waals surface area contributed by atoms with Crippen molar-refractivity contribution in [2.24, 2.45) is 0 Å². The van der Waals surface area contributed by atoms with Gasteiger partial charge in [-0.1, -0.05) is 44.2 Å². The summed E-state index contributed by atoms with van der Waals surface area (Å²) >= 11 is 0. The molecule has 0 unspecified atom stereocenters. The van der Waals surface area contributed by atoms with Crippen molar-refractivity contribution >= 4 is 29.0 Å². The number of amides is 3. The summed E-state index contributed by atoms with van der Waals surface area (Å²) in [6.07, 6.45) is 0. The SMILES string of the molecule is Cc1ccccc1C(=O)N1CCN(c2ccc(NC(=O)Nc3ccc(C(C)C)cc3)cc2)CC1. The summed E-state index contributed by atoms with van der Waals surface area (Å²) in [5.41, 5.74) is 5.60. The zero-order valence-corrected chi connectivity index (χ0v) is 20.0. The largest absolute Gasteiger partial charge is 0.368 e. The lowest BCUT2D eigenvalue weighted by Gasteiger charge is -2.36. The third kappa shape index (κ3) is 5.57. The van der Waals surface area contributed by atoms with Crippen LogP contribution in [0.15, 0.2) is 72.8 Å². The van der Waals surface area contributed by atoms with Crippen LogP contribution in [0, 0.1) is 6.92 Å². The van der Waals surface area contributed by atoms with E-state index in [1.165, 1.54) is 5.56 Å². The Labute approximate surface area is 201 Å². The van der Waals surface area contributed by atoms with Gasteiger partial charge in [-0.05, 0) is 66.4 Å². The molecule has 3 aromatic carbocycles. The smallest absolute Gasteiger partial charge is 0.323 e. The Bertz CT molecular complexity index is 1130. The highest BCUT2D eigenvalue weighted by molar-refractivity contribution is 5.99. The van der Waals surface area contributed by atoms with Gasteiger partial charge in [0.1, 0.15) is 0 Å². The van der Waals surface area contributed by atoms with Gasteiger partial charge < -0.3 is 20.4 Å². The molecule has 4 rings (SSSR count). The van der Waals surface area contributed by atoms with Crippen molar-refractivity contribution < 1.29 is 9.59 Å². The molecule has 34 heavy (non-hydrogen) atoms. The Kier molecular flexibility index (Phi) is 7.16. The predicted molar refractivity (Wildman–Crippen MR) is 139 cm³/mol. The molecule has 0 bridgehead atoms. The Hall–Kier alpha value is -3.80. The second-order valence-electron chi connectivity index (χ2n) is 9.00. The van der Waals surface area contributed by atoms with Gasteiger partial charge in [0, 0.05) is 48.8 Å². The summed E-state index contributed by atoms with van der Waals surface area (Å²) in [5.74, 6) is 0.556. The fourth-order valence-electron chi connectivity index (χ4n) is 4.15. The number of anilines is 3. The van der Waals surface area contributed by atoms with Gasteiger partial charge in [-0.15, -0.1) is 0 Å². The molecule has 3 amide bonds. The Morgan fingerprint density at radius 2 is 1.32 bits per heavy atom. The molecule has 1 fully saturated rings. The molecule has 0 saturated carbocycles. The molecule has 0 aromatic heterocycles. The number of benzene rings is 3. The van der Waals surface area contributed by atoms with E-state index in [-0.39, 0.29) is 11.9 Å². The van der Waals surface area contributed by atoms with Crippen LogP contribution < -0.4 is 15.5 Å². The first kappa shape index (κ1) is 23.4. The molecular formula is C28H32N4O2. The number of hydrogen-bond acceptors (Lipinski definition) is 3. The number of carbonyl (C=O) groups excluding carboxylic acids is 2. The van der Waals surface area contributed by atoms with Crippen LogP contribution in [0.3, 0.4) is 0 Å². The molecule has 3 aromatic rings. The summed E-state index contributed by atoms with van der Waals surface area (Å²) in [6.45, 7) is 9.18. The highest BCUT2D eigenvalue weighted by atomic mass is 16.2. The lowest BCUT2D eigenvalue weighted by molar-refractivity contribution is 0.0746. The van der Waals surface area contributed by atoms with Crippen LogP contribution in [-0.2, 0) is 0 Å². The lowest BCUT2D eigenvalue weighted by atomic mass is 10.0. The highest BCUT2D eigenvalue weighted by Gasteiger charge is 2.23. The summed E-state index contributed by atoms with van der Waals surface area (Å²) in [6, 6.07) is 23.2. The minimum atomic E-state index is -0.270. The summed E-state index contributed by atoms with van der Waals surface area (Å²) in [4.78, 5) is 29.4. The van der Waals surface area contributed by atoms with E-state index in [0.717, 1.165) is 41.3 Å². The molecule has 176 valence electrons. The van der Waals surface area contributed by atoms with Crippen molar-refractivity contribution in [3.05, 3.63) is 89.5 Å². The fraction of sp³-hybridized carbons (Fsp3) is 0.286. The van der Waals surface area contributed by atoms with Crippen molar-refractivity contribution in [1.29, 1.82) is 0 Å². The number of rotatable bonds is 5. The van der Waals surface area contributed by atoms with Crippen LogP contribution in [0.5, 0.6) is 0 Å². The highest BCUT2D eigenvalue weighted by Crippen LogP contribution is 2.22. The summed E-state index contributed by atoms with van der Waals surface area (Å²) < 4.78 is 0. The van der Waals surface area contributed by atoms with Gasteiger partial charge in [0.25, 0.3) is 5.91 Å². The zero-order chi connectivity index (χ0) is 24.1. The van der Waals surface area contributed by atoms with Crippen LogP contribution >= 0.6 is 0 Å². The molecule has 0 atom stereocenters. The van der Waals surface area contributed by atoms with E-state index in [0.29, 0.717) is 19.0 Å². The lowest BCUT2D eigenvalue weighted by Crippen LogP contribution is -2.48. The molecular weight excluding hydrogens is 424 g/mol. The van der Waals surface area contributed by atoms with Gasteiger partial charge in [0.05, 0.1) is 0 Å². The van der Waals surface area contributed by atoms with Crippen molar-refractivity contribution in [2.75, 3.05) is 41.7 Å². The van der Waals surface area contributed by atoms with Crippen molar-refractivity contribution in [1.82, 2.24) is 4.90 Å². The van der Waals surface area contributed by atoms with Crippen molar-refractivity contribution in [3.8, 4) is 0 Å². The van der Waals surface area contributed by atoms with E-state index in [2.05, 4.69) is 29.4 Å². The van der Waals surface area contributed by atoms with Crippen molar-refractivity contribution in [2.45, 2.75) is 26.7 Å². The van der Waals surface area contributed by atoms with E-state index < -0.39 is 0 Å². The predicted octanol–water partition coefficient (Wildman–Crippen LogP) is 5.72. The van der Waals surface area contributed by atoms with Crippen LogP contribution in [0.4, 0.5) is 21.9 Å². The van der Waals surface area contributed by atoms with E-state index in [9.17, 15) is 9.59 Å². The summed E-state index contributed by atoms with van der Waals surface area (Å²) in [5, 5.41) is 5.75. The van der Waals surface area contributed by atoms with Crippen LogP contribution in [0.2, 0.25) is 0 Å². The minimum absolute atomic E-state index is 0.0992. The van der Waals surface area contributed by atoms with Gasteiger partial charge in [-0.3, -0.25) is 4.79 Å². The van der Waals surface area contributed by atoms with Crippen LogP contribution in [0.25, 0.3) is 0 Å². The first-order valence-corrected chi connectivity index (χ1v) is 11.8. The molecule has 0 spiro atoms. The molecule has 1 heterocycles. The van der Waals surface area contributed by atoms with E-state index in [1.807, 2.05) is 84.6 Å². The van der Waals surface area contributed by atoms with E-state index >= 15 is 0 Å². The number of nitrogens with one attached hydrogen (secondary N) is 2. The van der Waals surface area contributed by atoms with Crippen LogP contribution in [-0.4, -0.2) is 43.0 Å². The monoisotopic (exact) mass is 456 g/mol. The summed E-state index contributed by atoms with van der Waals surface area (Å²) in [7, 11) is 0. The fourth-order valence-corrected chi connectivity index (χ4v) is 4.15.